The monoisotopic (exact) mass is 336 g/mol. The van der Waals surface area contributed by atoms with Crippen LogP contribution in [-0.4, -0.2) is 42.2 Å². The van der Waals surface area contributed by atoms with Crippen LogP contribution in [-0.2, 0) is 11.2 Å². The lowest BCUT2D eigenvalue weighted by Gasteiger charge is -2.43. The first kappa shape index (κ1) is 16.2. The second-order valence-electron chi connectivity index (χ2n) is 7.01. The van der Waals surface area contributed by atoms with Crippen LogP contribution in [0, 0.1) is 0 Å². The highest BCUT2D eigenvalue weighted by Gasteiger charge is 2.32. The van der Waals surface area contributed by atoms with E-state index in [1.54, 1.807) is 0 Å². The second kappa shape index (κ2) is 6.89. The Kier molecular flexibility index (Phi) is 4.45. The fourth-order valence-corrected chi connectivity index (χ4v) is 4.22. The largest absolute Gasteiger partial charge is 0.481 e. The van der Waals surface area contributed by atoms with Gasteiger partial charge >= 0.3 is 5.97 Å². The fraction of sp³-hybridized carbons (Fsp3) is 0.381. The van der Waals surface area contributed by atoms with Crippen molar-refractivity contribution in [2.45, 2.75) is 25.3 Å². The predicted octanol–water partition coefficient (Wildman–Crippen LogP) is 3.32. The van der Waals surface area contributed by atoms with Crippen molar-refractivity contribution in [3.63, 3.8) is 0 Å². The van der Waals surface area contributed by atoms with Gasteiger partial charge in [-0.3, -0.25) is 9.69 Å². The molecule has 1 fully saturated rings. The lowest BCUT2D eigenvalue weighted by molar-refractivity contribution is -0.137. The number of carbonyl (C=O) groups is 1. The summed E-state index contributed by atoms with van der Waals surface area (Å²) in [6.45, 7) is 3.81. The van der Waals surface area contributed by atoms with Crippen LogP contribution in [0.1, 0.15) is 35.6 Å². The molecule has 0 aliphatic carbocycles. The maximum Gasteiger partial charge on any atom is 0.303 e. The summed E-state index contributed by atoms with van der Waals surface area (Å²) in [5, 5.41) is 8.88. The molecule has 2 aliphatic heterocycles. The number of anilines is 1. The zero-order valence-corrected chi connectivity index (χ0v) is 14.4. The number of para-hydroxylation sites is 1. The van der Waals surface area contributed by atoms with Gasteiger partial charge in [-0.25, -0.2) is 0 Å². The molecule has 0 saturated carbocycles. The van der Waals surface area contributed by atoms with E-state index in [9.17, 15) is 4.79 Å². The van der Waals surface area contributed by atoms with Crippen LogP contribution in [0.2, 0.25) is 0 Å². The molecule has 130 valence electrons. The normalized spacial score (nSPS) is 19.5. The first-order valence-electron chi connectivity index (χ1n) is 9.09. The molecular formula is C21H24N2O2. The van der Waals surface area contributed by atoms with Crippen LogP contribution in [0.15, 0.2) is 48.5 Å². The molecule has 2 aromatic carbocycles. The Morgan fingerprint density at radius 3 is 2.64 bits per heavy atom. The van der Waals surface area contributed by atoms with Gasteiger partial charge in [0.25, 0.3) is 0 Å². The van der Waals surface area contributed by atoms with Gasteiger partial charge in [0.1, 0.15) is 0 Å². The summed E-state index contributed by atoms with van der Waals surface area (Å²) in [5.41, 5.74) is 5.59. The summed E-state index contributed by atoms with van der Waals surface area (Å²) in [5.74, 6) is -0.702. The summed E-state index contributed by atoms with van der Waals surface area (Å²) in [6, 6.07) is 17.9. The molecule has 1 unspecified atom stereocenters. The van der Waals surface area contributed by atoms with Crippen molar-refractivity contribution in [3.05, 3.63) is 65.2 Å². The van der Waals surface area contributed by atoms with Crippen molar-refractivity contribution in [1.82, 2.24) is 4.90 Å². The van der Waals surface area contributed by atoms with E-state index in [1.165, 1.54) is 22.4 Å². The van der Waals surface area contributed by atoms with Crippen LogP contribution in [0.5, 0.6) is 0 Å². The molecule has 2 heterocycles. The van der Waals surface area contributed by atoms with Crippen molar-refractivity contribution in [2.75, 3.05) is 31.1 Å². The van der Waals surface area contributed by atoms with Crippen molar-refractivity contribution in [1.29, 1.82) is 0 Å². The third-order valence-electron chi connectivity index (χ3n) is 5.43. The topological polar surface area (TPSA) is 43.8 Å². The van der Waals surface area contributed by atoms with Gasteiger partial charge in [-0.2, -0.15) is 0 Å². The van der Waals surface area contributed by atoms with E-state index in [0.717, 1.165) is 39.0 Å². The molecule has 0 bridgehead atoms. The Hall–Kier alpha value is -2.33. The van der Waals surface area contributed by atoms with Crippen LogP contribution < -0.4 is 4.90 Å². The van der Waals surface area contributed by atoms with E-state index >= 15 is 0 Å². The smallest absolute Gasteiger partial charge is 0.303 e. The van der Waals surface area contributed by atoms with E-state index in [-0.39, 0.29) is 6.42 Å². The zero-order valence-electron chi connectivity index (χ0n) is 14.4. The summed E-state index contributed by atoms with van der Waals surface area (Å²) >= 11 is 0. The van der Waals surface area contributed by atoms with Crippen LogP contribution >= 0.6 is 0 Å². The van der Waals surface area contributed by atoms with Gasteiger partial charge in [-0.05, 0) is 42.1 Å². The van der Waals surface area contributed by atoms with E-state index in [2.05, 4.69) is 58.3 Å². The first-order chi connectivity index (χ1) is 12.2. The van der Waals surface area contributed by atoms with Gasteiger partial charge < -0.3 is 10.0 Å². The molecule has 0 amide bonds. The Bertz CT molecular complexity index is 774. The highest BCUT2D eigenvalue weighted by Crippen LogP contribution is 2.39. The highest BCUT2D eigenvalue weighted by atomic mass is 16.4. The van der Waals surface area contributed by atoms with E-state index in [1.807, 2.05) is 0 Å². The average Bonchev–Trinajstić information content (AvgIpc) is 2.76. The molecule has 1 saturated heterocycles. The van der Waals surface area contributed by atoms with Crippen molar-refractivity contribution < 1.29 is 9.90 Å². The lowest BCUT2D eigenvalue weighted by Crippen LogP contribution is -2.48. The third-order valence-corrected chi connectivity index (χ3v) is 5.43. The van der Waals surface area contributed by atoms with Crippen LogP contribution in [0.3, 0.4) is 0 Å². The molecule has 2 aromatic rings. The van der Waals surface area contributed by atoms with E-state index < -0.39 is 5.97 Å². The summed E-state index contributed by atoms with van der Waals surface area (Å²) in [7, 11) is 0. The number of aliphatic carboxylic acids is 1. The Labute approximate surface area is 148 Å². The molecule has 4 rings (SSSR count). The minimum Gasteiger partial charge on any atom is -0.481 e. The summed E-state index contributed by atoms with van der Waals surface area (Å²) < 4.78 is 0. The van der Waals surface area contributed by atoms with E-state index in [0.29, 0.717) is 6.04 Å². The lowest BCUT2D eigenvalue weighted by atomic mass is 9.96. The van der Waals surface area contributed by atoms with Gasteiger partial charge in [0.05, 0.1) is 6.04 Å². The van der Waals surface area contributed by atoms with Crippen molar-refractivity contribution >= 4 is 11.7 Å². The number of rotatable bonds is 4. The molecular weight excluding hydrogens is 312 g/mol. The number of hydrogen-bond donors (Lipinski definition) is 1. The number of hydrogen-bond acceptors (Lipinski definition) is 3. The molecule has 1 atom stereocenters. The molecule has 1 N–H and O–H groups in total. The van der Waals surface area contributed by atoms with Gasteiger partial charge in [0.15, 0.2) is 0 Å². The SMILES string of the molecule is O=C(O)CCCN1CCN2c3ccccc3Cc3ccccc3C2C1. The third kappa shape index (κ3) is 3.27. The molecule has 25 heavy (non-hydrogen) atoms. The average molecular weight is 336 g/mol. The number of nitrogens with zero attached hydrogens (tertiary/aromatic N) is 2. The molecule has 4 heteroatoms. The summed E-state index contributed by atoms with van der Waals surface area (Å²) in [6.07, 6.45) is 1.96. The van der Waals surface area contributed by atoms with Gasteiger partial charge in [-0.15, -0.1) is 0 Å². The van der Waals surface area contributed by atoms with Gasteiger partial charge in [0, 0.05) is 31.7 Å². The van der Waals surface area contributed by atoms with Crippen LogP contribution in [0.25, 0.3) is 0 Å². The Morgan fingerprint density at radius 1 is 1.04 bits per heavy atom. The molecule has 0 aromatic heterocycles. The zero-order chi connectivity index (χ0) is 17.2. The van der Waals surface area contributed by atoms with Crippen molar-refractivity contribution in [2.24, 2.45) is 0 Å². The first-order valence-corrected chi connectivity index (χ1v) is 9.09. The fourth-order valence-electron chi connectivity index (χ4n) is 4.22. The number of carboxylic acid groups (broad SMARTS) is 1. The molecule has 2 aliphatic rings. The van der Waals surface area contributed by atoms with E-state index in [4.69, 9.17) is 5.11 Å². The quantitative estimate of drug-likeness (QED) is 0.930. The standard InChI is InChI=1S/C21H24N2O2/c24-21(25)10-5-11-22-12-13-23-19-9-4-2-7-17(19)14-16-6-1-3-8-18(16)20(23)15-22/h1-4,6-9,20H,5,10-15H2,(H,24,25). The number of carboxylic acids is 1. The predicted molar refractivity (Wildman–Crippen MR) is 99.1 cm³/mol. The molecule has 0 spiro atoms. The minimum absolute atomic E-state index is 0.254. The molecule has 4 nitrogen and oxygen atoms in total. The number of benzene rings is 2. The maximum absolute atomic E-state index is 10.8. The number of piperazine rings is 1. The van der Waals surface area contributed by atoms with Crippen LogP contribution in [0.4, 0.5) is 5.69 Å². The highest BCUT2D eigenvalue weighted by molar-refractivity contribution is 5.66. The second-order valence-corrected chi connectivity index (χ2v) is 7.01. The molecule has 0 radical (unpaired) electrons. The van der Waals surface area contributed by atoms with Crippen molar-refractivity contribution in [3.8, 4) is 0 Å². The number of fused-ring (bicyclic) bond motifs is 5. The Balaban J connectivity index is 1.62. The maximum atomic E-state index is 10.8. The van der Waals surface area contributed by atoms with Gasteiger partial charge in [-0.1, -0.05) is 42.5 Å². The van der Waals surface area contributed by atoms with Gasteiger partial charge in [0.2, 0.25) is 0 Å². The summed E-state index contributed by atoms with van der Waals surface area (Å²) in [4.78, 5) is 15.8. The Morgan fingerprint density at radius 2 is 1.80 bits per heavy atom. The minimum atomic E-state index is -0.702.